The van der Waals surface area contributed by atoms with Gasteiger partial charge < -0.3 is 10.1 Å². The van der Waals surface area contributed by atoms with Crippen molar-refractivity contribution in [1.29, 1.82) is 0 Å². The Balaban J connectivity index is 1.93. The summed E-state index contributed by atoms with van der Waals surface area (Å²) in [5.41, 5.74) is 0.701. The van der Waals surface area contributed by atoms with Crippen LogP contribution in [0.4, 0.5) is 5.69 Å². The van der Waals surface area contributed by atoms with Gasteiger partial charge in [0.25, 0.3) is 5.91 Å². The van der Waals surface area contributed by atoms with E-state index in [1.807, 2.05) is 30.5 Å². The van der Waals surface area contributed by atoms with Gasteiger partial charge in [0.05, 0.1) is 15.1 Å². The molecular weight excluding hydrogens is 365 g/mol. The smallest absolute Gasteiger partial charge is 0.262 e. The van der Waals surface area contributed by atoms with Crippen LogP contribution in [0.5, 0.6) is 5.75 Å². The number of carbonyl (C=O) groups excluding carboxylic acids is 1. The first kappa shape index (κ1) is 17.3. The molecule has 2 rings (SSSR count). The molecule has 0 aliphatic rings. The molecule has 7 heteroatoms. The average molecular weight is 377 g/mol. The molecule has 0 unspecified atom stereocenters. The molecule has 0 aromatic heterocycles. The summed E-state index contributed by atoms with van der Waals surface area (Å²) < 4.78 is 5.36. The van der Waals surface area contributed by atoms with E-state index in [0.29, 0.717) is 26.5 Å². The van der Waals surface area contributed by atoms with Crippen LogP contribution in [-0.2, 0) is 4.79 Å². The lowest BCUT2D eigenvalue weighted by Gasteiger charge is -2.10. The molecule has 0 atom stereocenters. The van der Waals surface area contributed by atoms with Crippen LogP contribution in [0, 0.1) is 0 Å². The largest absolute Gasteiger partial charge is 0.482 e. The molecule has 0 spiro atoms. The molecule has 0 aliphatic carbocycles. The Morgan fingerprint density at radius 3 is 2.36 bits per heavy atom. The molecule has 22 heavy (non-hydrogen) atoms. The van der Waals surface area contributed by atoms with Gasteiger partial charge in [0, 0.05) is 16.6 Å². The Bertz CT molecular complexity index is 677. The summed E-state index contributed by atoms with van der Waals surface area (Å²) in [6.07, 6.45) is 1.99. The van der Waals surface area contributed by atoms with E-state index in [1.165, 1.54) is 12.1 Å². The maximum absolute atomic E-state index is 11.9. The lowest BCUT2D eigenvalue weighted by atomic mass is 10.3. The topological polar surface area (TPSA) is 38.3 Å². The summed E-state index contributed by atoms with van der Waals surface area (Å²) in [7, 11) is 0. The zero-order valence-electron chi connectivity index (χ0n) is 11.5. The predicted molar refractivity (Wildman–Crippen MR) is 93.8 cm³/mol. The normalized spacial score (nSPS) is 10.4. The molecule has 0 bridgehead atoms. The number of carbonyl (C=O) groups is 1. The van der Waals surface area contributed by atoms with E-state index in [2.05, 4.69) is 5.32 Å². The number of halogens is 3. The van der Waals surface area contributed by atoms with E-state index < -0.39 is 0 Å². The van der Waals surface area contributed by atoms with Crippen molar-refractivity contribution in [2.75, 3.05) is 18.2 Å². The fourth-order valence-corrected chi connectivity index (χ4v) is 2.63. The zero-order chi connectivity index (χ0) is 16.1. The van der Waals surface area contributed by atoms with Crippen molar-refractivity contribution in [3.8, 4) is 5.75 Å². The summed E-state index contributed by atoms with van der Waals surface area (Å²) in [5.74, 6) is 0.0167. The van der Waals surface area contributed by atoms with Gasteiger partial charge in [0.2, 0.25) is 0 Å². The van der Waals surface area contributed by atoms with Gasteiger partial charge in [-0.15, -0.1) is 11.8 Å². The van der Waals surface area contributed by atoms with Crippen molar-refractivity contribution in [1.82, 2.24) is 0 Å². The Labute approximate surface area is 147 Å². The van der Waals surface area contributed by atoms with Gasteiger partial charge in [0.15, 0.2) is 6.61 Å². The quantitative estimate of drug-likeness (QED) is 0.562. The van der Waals surface area contributed by atoms with Crippen LogP contribution in [0.3, 0.4) is 0 Å². The predicted octanol–water partition coefficient (Wildman–Crippen LogP) is 5.39. The summed E-state index contributed by atoms with van der Waals surface area (Å²) in [6.45, 7) is -0.179. The molecule has 0 saturated carbocycles. The van der Waals surface area contributed by atoms with Crippen LogP contribution in [-0.4, -0.2) is 18.8 Å². The maximum Gasteiger partial charge on any atom is 0.262 e. The van der Waals surface area contributed by atoms with Gasteiger partial charge in [-0.3, -0.25) is 4.79 Å². The summed E-state index contributed by atoms with van der Waals surface area (Å²) in [5, 5.41) is 3.68. The van der Waals surface area contributed by atoms with Gasteiger partial charge in [-0.05, 0) is 36.6 Å². The molecular formula is C15H12Cl3NO2S. The zero-order valence-corrected chi connectivity index (χ0v) is 14.6. The number of ether oxygens (including phenoxy) is 1. The van der Waals surface area contributed by atoms with Crippen molar-refractivity contribution in [2.45, 2.75) is 4.90 Å². The molecule has 2 aromatic carbocycles. The number of nitrogens with one attached hydrogen (secondary N) is 1. The number of anilines is 1. The molecule has 3 nitrogen and oxygen atoms in total. The third-order valence-corrected chi connectivity index (χ3v) is 4.47. The van der Waals surface area contributed by atoms with E-state index in [9.17, 15) is 4.79 Å². The number of thioether (sulfide) groups is 1. The molecule has 1 N–H and O–H groups in total. The number of hydrogen-bond donors (Lipinski definition) is 1. The fourth-order valence-electron chi connectivity index (χ4n) is 1.63. The minimum absolute atomic E-state index is 0.179. The number of benzene rings is 2. The second kappa shape index (κ2) is 7.97. The van der Waals surface area contributed by atoms with Crippen LogP contribution in [0.2, 0.25) is 15.1 Å². The third kappa shape index (κ3) is 4.71. The Morgan fingerprint density at radius 1 is 1.09 bits per heavy atom. The SMILES string of the molecule is CSc1ccc(NC(=O)COc2cc(Cl)c(Cl)cc2Cl)cc1. The highest BCUT2D eigenvalue weighted by molar-refractivity contribution is 7.98. The van der Waals surface area contributed by atoms with Crippen molar-refractivity contribution in [3.63, 3.8) is 0 Å². The van der Waals surface area contributed by atoms with Crippen molar-refractivity contribution < 1.29 is 9.53 Å². The van der Waals surface area contributed by atoms with Gasteiger partial charge in [-0.1, -0.05) is 34.8 Å². The number of amides is 1. The monoisotopic (exact) mass is 375 g/mol. The molecule has 0 heterocycles. The number of hydrogen-bond acceptors (Lipinski definition) is 3. The third-order valence-electron chi connectivity index (χ3n) is 2.71. The molecule has 0 radical (unpaired) electrons. The molecule has 0 fully saturated rings. The van der Waals surface area contributed by atoms with Crippen molar-refractivity contribution >= 4 is 58.2 Å². The summed E-state index contributed by atoms with van der Waals surface area (Å²) >= 11 is 19.3. The molecule has 0 saturated heterocycles. The first-order valence-electron chi connectivity index (χ1n) is 6.21. The lowest BCUT2D eigenvalue weighted by Crippen LogP contribution is -2.20. The van der Waals surface area contributed by atoms with Gasteiger partial charge >= 0.3 is 0 Å². The van der Waals surface area contributed by atoms with Crippen LogP contribution in [0.25, 0.3) is 0 Å². The highest BCUT2D eigenvalue weighted by atomic mass is 35.5. The standard InChI is InChI=1S/C15H12Cl3NO2S/c1-22-10-4-2-9(3-5-10)19-15(20)8-21-14-7-12(17)11(16)6-13(14)18/h2-7H,8H2,1H3,(H,19,20). The van der Waals surface area contributed by atoms with Crippen LogP contribution in [0.15, 0.2) is 41.3 Å². The number of rotatable bonds is 5. The van der Waals surface area contributed by atoms with Gasteiger partial charge in [-0.25, -0.2) is 0 Å². The van der Waals surface area contributed by atoms with Crippen molar-refractivity contribution in [2.24, 2.45) is 0 Å². The average Bonchev–Trinajstić information content (AvgIpc) is 2.50. The highest BCUT2D eigenvalue weighted by Crippen LogP contribution is 2.33. The molecule has 0 aliphatic heterocycles. The van der Waals surface area contributed by atoms with E-state index >= 15 is 0 Å². The maximum atomic E-state index is 11.9. The fraction of sp³-hybridized carbons (Fsp3) is 0.133. The van der Waals surface area contributed by atoms with Gasteiger partial charge in [-0.2, -0.15) is 0 Å². The first-order chi connectivity index (χ1) is 10.5. The first-order valence-corrected chi connectivity index (χ1v) is 8.56. The lowest BCUT2D eigenvalue weighted by molar-refractivity contribution is -0.118. The Morgan fingerprint density at radius 2 is 1.73 bits per heavy atom. The van der Waals surface area contributed by atoms with E-state index in [-0.39, 0.29) is 12.5 Å². The van der Waals surface area contributed by atoms with Crippen LogP contribution in [0.1, 0.15) is 0 Å². The second-order valence-electron chi connectivity index (χ2n) is 4.26. The minimum atomic E-state index is -0.293. The van der Waals surface area contributed by atoms with Gasteiger partial charge in [0.1, 0.15) is 5.75 Å². The Kier molecular flexibility index (Phi) is 6.26. The van der Waals surface area contributed by atoms with Crippen LogP contribution < -0.4 is 10.1 Å². The molecule has 116 valence electrons. The minimum Gasteiger partial charge on any atom is -0.482 e. The second-order valence-corrected chi connectivity index (χ2v) is 6.36. The molecule has 1 amide bonds. The highest BCUT2D eigenvalue weighted by Gasteiger charge is 2.09. The van der Waals surface area contributed by atoms with Crippen LogP contribution >= 0.6 is 46.6 Å². The Hall–Kier alpha value is -1.07. The van der Waals surface area contributed by atoms with E-state index in [1.54, 1.807) is 11.8 Å². The summed E-state index contributed by atoms with van der Waals surface area (Å²) in [6, 6.07) is 10.5. The van der Waals surface area contributed by atoms with E-state index in [4.69, 9.17) is 39.5 Å². The van der Waals surface area contributed by atoms with E-state index in [0.717, 1.165) is 4.90 Å². The molecule has 2 aromatic rings. The summed E-state index contributed by atoms with van der Waals surface area (Å²) in [4.78, 5) is 13.0. The van der Waals surface area contributed by atoms with Crippen molar-refractivity contribution in [3.05, 3.63) is 51.5 Å².